The van der Waals surface area contributed by atoms with Crippen molar-refractivity contribution in [3.05, 3.63) is 101 Å². The van der Waals surface area contributed by atoms with E-state index in [4.69, 9.17) is 4.74 Å². The summed E-state index contributed by atoms with van der Waals surface area (Å²) in [4.78, 5) is 43.1. The van der Waals surface area contributed by atoms with Gasteiger partial charge in [0.05, 0.1) is 17.0 Å². The van der Waals surface area contributed by atoms with Crippen LogP contribution in [0.25, 0.3) is 11.4 Å². The number of aromatic nitrogens is 2. The van der Waals surface area contributed by atoms with Crippen molar-refractivity contribution >= 4 is 17.5 Å². The van der Waals surface area contributed by atoms with Crippen LogP contribution >= 0.6 is 0 Å². The number of hydrogen-bond donors (Lipinski definition) is 2. The number of nitrogens with one attached hydrogen (secondary N) is 2. The van der Waals surface area contributed by atoms with Gasteiger partial charge in [-0.3, -0.25) is 19.4 Å². The van der Waals surface area contributed by atoms with Gasteiger partial charge in [0.1, 0.15) is 28.9 Å². The lowest BCUT2D eigenvalue weighted by atomic mass is 10.0. The number of rotatable bonds is 11. The van der Waals surface area contributed by atoms with E-state index in [1.807, 2.05) is 31.2 Å². The van der Waals surface area contributed by atoms with Crippen molar-refractivity contribution in [2.75, 3.05) is 6.54 Å². The van der Waals surface area contributed by atoms with Gasteiger partial charge in [-0.2, -0.15) is 0 Å². The van der Waals surface area contributed by atoms with E-state index in [9.17, 15) is 18.8 Å². The van der Waals surface area contributed by atoms with Crippen molar-refractivity contribution < 1.29 is 23.5 Å². The average molecular weight is 514 g/mol. The highest BCUT2D eigenvalue weighted by molar-refractivity contribution is 5.95. The predicted octanol–water partition coefficient (Wildman–Crippen LogP) is 5.38. The first-order chi connectivity index (χ1) is 18.3. The zero-order valence-corrected chi connectivity index (χ0v) is 21.2. The number of halogens is 1. The van der Waals surface area contributed by atoms with E-state index < -0.39 is 5.82 Å². The van der Waals surface area contributed by atoms with Gasteiger partial charge in [-0.15, -0.1) is 0 Å². The number of amides is 1. The third-order valence-electron chi connectivity index (χ3n) is 5.85. The van der Waals surface area contributed by atoms with Gasteiger partial charge >= 0.3 is 0 Å². The molecule has 4 rings (SSSR count). The molecular formula is C30H28FN3O4. The Bertz CT molecular complexity index is 1480. The number of aryl methyl sites for hydroxylation is 1. The number of pyridine rings is 1. The molecule has 8 heteroatoms. The van der Waals surface area contributed by atoms with Crippen molar-refractivity contribution in [2.24, 2.45) is 0 Å². The Morgan fingerprint density at radius 3 is 2.58 bits per heavy atom. The minimum atomic E-state index is -0.515. The third kappa shape index (κ3) is 7.22. The standard InChI is InChI=1S/C30H28FN3O4/c1-19-4-3-5-21(12-19)13-24(36)14-22-6-7-25(16-27(22)31)38-26-9-11-32-29(17-26)28-15-23(18-34-28)30(37)33-10-8-20(2)35/h3-7,9,11-12,15-18,34H,8,10,13-14H2,1-2H3,(H,33,37). The monoisotopic (exact) mass is 513 g/mol. The first kappa shape index (κ1) is 26.5. The van der Waals surface area contributed by atoms with E-state index in [2.05, 4.69) is 15.3 Å². The second-order valence-corrected chi connectivity index (χ2v) is 9.12. The Balaban J connectivity index is 1.38. The smallest absolute Gasteiger partial charge is 0.252 e. The van der Waals surface area contributed by atoms with E-state index >= 15 is 0 Å². The minimum Gasteiger partial charge on any atom is -0.457 e. The molecule has 2 aromatic carbocycles. The van der Waals surface area contributed by atoms with Gasteiger partial charge in [0, 0.05) is 50.3 Å². The maximum atomic E-state index is 14.8. The molecule has 0 fully saturated rings. The summed E-state index contributed by atoms with van der Waals surface area (Å²) in [6.07, 6.45) is 3.63. The molecule has 2 N–H and O–H groups in total. The number of carbonyl (C=O) groups is 3. The minimum absolute atomic E-state index is 0.00204. The van der Waals surface area contributed by atoms with Crippen LogP contribution in [0.5, 0.6) is 11.5 Å². The fraction of sp³-hybridized carbons (Fsp3) is 0.200. The molecule has 0 bridgehead atoms. The Morgan fingerprint density at radius 2 is 1.82 bits per heavy atom. The van der Waals surface area contributed by atoms with Crippen LogP contribution in [-0.2, 0) is 22.4 Å². The summed E-state index contributed by atoms with van der Waals surface area (Å²) in [5.41, 5.74) is 3.83. The highest BCUT2D eigenvalue weighted by Gasteiger charge is 2.13. The van der Waals surface area contributed by atoms with Crippen molar-refractivity contribution in [3.63, 3.8) is 0 Å². The van der Waals surface area contributed by atoms with Crippen LogP contribution in [0.2, 0.25) is 0 Å². The lowest BCUT2D eigenvalue weighted by molar-refractivity contribution is -0.118. The first-order valence-electron chi connectivity index (χ1n) is 12.2. The summed E-state index contributed by atoms with van der Waals surface area (Å²) in [7, 11) is 0. The molecule has 1 amide bonds. The molecule has 2 heterocycles. The van der Waals surface area contributed by atoms with Gasteiger partial charge in [-0.25, -0.2) is 4.39 Å². The van der Waals surface area contributed by atoms with Crippen molar-refractivity contribution in [1.29, 1.82) is 0 Å². The van der Waals surface area contributed by atoms with E-state index in [1.165, 1.54) is 13.0 Å². The quantitative estimate of drug-likeness (QED) is 0.280. The Morgan fingerprint density at radius 1 is 1.00 bits per heavy atom. The highest BCUT2D eigenvalue weighted by atomic mass is 19.1. The molecule has 0 unspecified atom stereocenters. The fourth-order valence-corrected chi connectivity index (χ4v) is 3.95. The molecule has 0 radical (unpaired) electrons. The number of Topliss-reactive ketones (excluding diaryl/α,β-unsaturated/α-hetero) is 2. The molecule has 4 aromatic rings. The van der Waals surface area contributed by atoms with Crippen molar-refractivity contribution in [2.45, 2.75) is 33.1 Å². The molecule has 0 aliphatic heterocycles. The van der Waals surface area contributed by atoms with Crippen LogP contribution in [-0.4, -0.2) is 34.0 Å². The first-order valence-corrected chi connectivity index (χ1v) is 12.2. The lowest BCUT2D eigenvalue weighted by Gasteiger charge is -2.09. The van der Waals surface area contributed by atoms with Crippen LogP contribution in [0.4, 0.5) is 4.39 Å². The Hall–Kier alpha value is -4.59. The predicted molar refractivity (Wildman–Crippen MR) is 142 cm³/mol. The van der Waals surface area contributed by atoms with E-state index in [0.717, 1.165) is 11.1 Å². The molecule has 0 atom stereocenters. The summed E-state index contributed by atoms with van der Waals surface area (Å²) in [5, 5.41) is 2.69. The van der Waals surface area contributed by atoms with Crippen LogP contribution in [0.1, 0.15) is 40.4 Å². The molecule has 0 saturated heterocycles. The van der Waals surface area contributed by atoms with Crippen LogP contribution in [0.3, 0.4) is 0 Å². The van der Waals surface area contributed by atoms with Gasteiger partial charge in [0.15, 0.2) is 0 Å². The summed E-state index contributed by atoms with van der Waals surface area (Å²) >= 11 is 0. The molecule has 194 valence electrons. The molecule has 0 saturated carbocycles. The number of ether oxygens (including phenoxy) is 1. The lowest BCUT2D eigenvalue weighted by Crippen LogP contribution is -2.25. The van der Waals surface area contributed by atoms with Gasteiger partial charge in [-0.1, -0.05) is 35.9 Å². The number of H-pyrrole nitrogens is 1. The van der Waals surface area contributed by atoms with E-state index in [0.29, 0.717) is 28.3 Å². The molecule has 7 nitrogen and oxygen atoms in total. The number of ketones is 2. The number of nitrogens with zero attached hydrogens (tertiary/aromatic N) is 1. The second kappa shape index (κ2) is 12.1. The fourth-order valence-electron chi connectivity index (χ4n) is 3.95. The van der Waals surface area contributed by atoms with Crippen molar-refractivity contribution in [1.82, 2.24) is 15.3 Å². The van der Waals surface area contributed by atoms with Gasteiger partial charge in [-0.05, 0) is 43.2 Å². The summed E-state index contributed by atoms with van der Waals surface area (Å²) < 4.78 is 20.6. The summed E-state index contributed by atoms with van der Waals surface area (Å²) in [5.74, 6) is -0.165. The molecular weight excluding hydrogens is 485 g/mol. The second-order valence-electron chi connectivity index (χ2n) is 9.12. The molecule has 0 spiro atoms. The average Bonchev–Trinajstić information content (AvgIpc) is 3.36. The van der Waals surface area contributed by atoms with Crippen LogP contribution in [0.15, 0.2) is 73.1 Å². The van der Waals surface area contributed by atoms with Crippen LogP contribution < -0.4 is 10.1 Å². The SMILES string of the molecule is CC(=O)CCNC(=O)c1c[nH]c(-c2cc(Oc3ccc(CC(=O)Cc4cccc(C)c4)c(F)c3)ccn2)c1. The largest absolute Gasteiger partial charge is 0.457 e. The maximum Gasteiger partial charge on any atom is 0.252 e. The molecule has 38 heavy (non-hydrogen) atoms. The number of aromatic amines is 1. The van der Waals surface area contributed by atoms with E-state index in [1.54, 1.807) is 42.7 Å². The topological polar surface area (TPSA) is 101 Å². The zero-order chi connectivity index (χ0) is 27.1. The number of carbonyl (C=O) groups excluding carboxylic acids is 3. The zero-order valence-electron chi connectivity index (χ0n) is 21.2. The normalized spacial score (nSPS) is 10.7. The maximum absolute atomic E-state index is 14.8. The Labute approximate surface area is 220 Å². The van der Waals surface area contributed by atoms with Crippen molar-refractivity contribution in [3.8, 4) is 22.9 Å². The number of hydrogen-bond acceptors (Lipinski definition) is 5. The molecule has 2 aromatic heterocycles. The molecule has 0 aliphatic carbocycles. The summed E-state index contributed by atoms with van der Waals surface area (Å²) in [6, 6.07) is 17.1. The Kier molecular flexibility index (Phi) is 8.43. The van der Waals surface area contributed by atoms with Crippen LogP contribution in [0, 0.1) is 12.7 Å². The highest BCUT2D eigenvalue weighted by Crippen LogP contribution is 2.27. The third-order valence-corrected chi connectivity index (χ3v) is 5.85. The number of benzene rings is 2. The van der Waals surface area contributed by atoms with Gasteiger partial charge < -0.3 is 15.0 Å². The van der Waals surface area contributed by atoms with E-state index in [-0.39, 0.29) is 49.0 Å². The molecule has 0 aliphatic rings. The summed E-state index contributed by atoms with van der Waals surface area (Å²) in [6.45, 7) is 3.71. The van der Waals surface area contributed by atoms with Gasteiger partial charge in [0.2, 0.25) is 0 Å². The van der Waals surface area contributed by atoms with Gasteiger partial charge in [0.25, 0.3) is 5.91 Å².